The molecular formula is C9H11FN2O3. The number of hydrogen-bond donors (Lipinski definition) is 2. The van der Waals surface area contributed by atoms with Crippen molar-refractivity contribution >= 4 is 5.97 Å². The maximum absolute atomic E-state index is 13.2. The lowest BCUT2D eigenvalue weighted by molar-refractivity contribution is -0.136. The Kier molecular flexibility index (Phi) is 3.18. The van der Waals surface area contributed by atoms with Crippen molar-refractivity contribution in [1.82, 2.24) is 9.97 Å². The first-order valence-electron chi connectivity index (χ1n) is 4.42. The van der Waals surface area contributed by atoms with Crippen LogP contribution in [-0.4, -0.2) is 21.0 Å². The SMILES string of the molecule is CC(C)c1nc(CC(=O)O)[nH]c(=O)c1F. The van der Waals surface area contributed by atoms with E-state index in [0.29, 0.717) is 0 Å². The Morgan fingerprint density at radius 2 is 2.20 bits per heavy atom. The number of aromatic amines is 1. The third kappa shape index (κ3) is 2.61. The van der Waals surface area contributed by atoms with Gasteiger partial charge in [-0.25, -0.2) is 4.98 Å². The topological polar surface area (TPSA) is 83.0 Å². The van der Waals surface area contributed by atoms with E-state index in [0.717, 1.165) is 0 Å². The first-order valence-corrected chi connectivity index (χ1v) is 4.42. The van der Waals surface area contributed by atoms with Gasteiger partial charge in [0.15, 0.2) is 0 Å². The van der Waals surface area contributed by atoms with E-state index < -0.39 is 23.8 Å². The van der Waals surface area contributed by atoms with Gasteiger partial charge in [0.25, 0.3) is 5.56 Å². The van der Waals surface area contributed by atoms with Crippen LogP contribution in [0.4, 0.5) is 4.39 Å². The highest BCUT2D eigenvalue weighted by Crippen LogP contribution is 2.12. The molecule has 1 heterocycles. The van der Waals surface area contributed by atoms with Crippen molar-refractivity contribution in [1.29, 1.82) is 0 Å². The van der Waals surface area contributed by atoms with Crippen LogP contribution in [0.2, 0.25) is 0 Å². The van der Waals surface area contributed by atoms with Crippen LogP contribution in [0, 0.1) is 5.82 Å². The third-order valence-electron chi connectivity index (χ3n) is 1.80. The molecule has 0 aliphatic carbocycles. The van der Waals surface area contributed by atoms with Crippen molar-refractivity contribution in [2.24, 2.45) is 0 Å². The highest BCUT2D eigenvalue weighted by Gasteiger charge is 2.15. The lowest BCUT2D eigenvalue weighted by Gasteiger charge is -2.06. The minimum atomic E-state index is -1.13. The second kappa shape index (κ2) is 4.20. The van der Waals surface area contributed by atoms with E-state index in [-0.39, 0.29) is 17.4 Å². The smallest absolute Gasteiger partial charge is 0.311 e. The minimum Gasteiger partial charge on any atom is -0.481 e. The quantitative estimate of drug-likeness (QED) is 0.774. The average Bonchev–Trinajstić information content (AvgIpc) is 2.09. The van der Waals surface area contributed by atoms with Gasteiger partial charge in [-0.2, -0.15) is 4.39 Å². The first kappa shape index (κ1) is 11.4. The standard InChI is InChI=1S/C9H11FN2O3/c1-4(2)8-7(10)9(15)12-5(11-8)3-6(13)14/h4H,3H2,1-2H3,(H,13,14)(H,11,12,15). The molecular weight excluding hydrogens is 203 g/mol. The molecule has 0 fully saturated rings. The van der Waals surface area contributed by atoms with Gasteiger partial charge in [0.05, 0.1) is 5.69 Å². The summed E-state index contributed by atoms with van der Waals surface area (Å²) in [5, 5.41) is 8.50. The van der Waals surface area contributed by atoms with Crippen molar-refractivity contribution in [2.75, 3.05) is 0 Å². The molecule has 0 aliphatic heterocycles. The second-order valence-electron chi connectivity index (χ2n) is 3.44. The van der Waals surface area contributed by atoms with Crippen LogP contribution in [0.25, 0.3) is 0 Å². The molecule has 1 rings (SSSR count). The lowest BCUT2D eigenvalue weighted by Crippen LogP contribution is -2.21. The molecule has 0 unspecified atom stereocenters. The average molecular weight is 214 g/mol. The summed E-state index contributed by atoms with van der Waals surface area (Å²) in [5.41, 5.74) is -0.931. The van der Waals surface area contributed by atoms with Crippen molar-refractivity contribution in [2.45, 2.75) is 26.2 Å². The second-order valence-corrected chi connectivity index (χ2v) is 3.44. The molecule has 2 N–H and O–H groups in total. The van der Waals surface area contributed by atoms with Gasteiger partial charge in [0.2, 0.25) is 5.82 Å². The normalized spacial score (nSPS) is 10.7. The van der Waals surface area contributed by atoms with Crippen LogP contribution >= 0.6 is 0 Å². The number of halogens is 1. The predicted molar refractivity (Wildman–Crippen MR) is 50.2 cm³/mol. The maximum atomic E-state index is 13.2. The highest BCUT2D eigenvalue weighted by molar-refractivity contribution is 5.68. The van der Waals surface area contributed by atoms with Crippen LogP contribution < -0.4 is 5.56 Å². The van der Waals surface area contributed by atoms with Crippen LogP contribution in [0.3, 0.4) is 0 Å². The van der Waals surface area contributed by atoms with Crippen LogP contribution in [0.5, 0.6) is 0 Å². The lowest BCUT2D eigenvalue weighted by atomic mass is 10.1. The van der Waals surface area contributed by atoms with Crippen molar-refractivity contribution < 1.29 is 14.3 Å². The number of carbonyl (C=O) groups is 1. The Labute approximate surface area is 85.0 Å². The maximum Gasteiger partial charge on any atom is 0.311 e. The summed E-state index contributed by atoms with van der Waals surface area (Å²) in [5.74, 6) is -2.36. The number of nitrogens with one attached hydrogen (secondary N) is 1. The van der Waals surface area contributed by atoms with Gasteiger partial charge in [-0.05, 0) is 5.92 Å². The number of carboxylic acids is 1. The Morgan fingerprint density at radius 3 is 2.67 bits per heavy atom. The van der Waals surface area contributed by atoms with E-state index in [1.54, 1.807) is 13.8 Å². The summed E-state index contributed by atoms with van der Waals surface area (Å²) in [6, 6.07) is 0. The van der Waals surface area contributed by atoms with Crippen molar-refractivity contribution in [3.05, 3.63) is 27.7 Å². The van der Waals surface area contributed by atoms with E-state index >= 15 is 0 Å². The first-order chi connectivity index (χ1) is 6.91. The van der Waals surface area contributed by atoms with Gasteiger partial charge >= 0.3 is 5.97 Å². The molecule has 0 saturated carbocycles. The number of hydrogen-bond acceptors (Lipinski definition) is 3. The van der Waals surface area contributed by atoms with Crippen molar-refractivity contribution in [3.63, 3.8) is 0 Å². The number of aliphatic carboxylic acids is 1. The summed E-state index contributed by atoms with van der Waals surface area (Å²) >= 11 is 0. The highest BCUT2D eigenvalue weighted by atomic mass is 19.1. The van der Waals surface area contributed by atoms with E-state index in [1.165, 1.54) is 0 Å². The molecule has 0 radical (unpaired) electrons. The van der Waals surface area contributed by atoms with Crippen LogP contribution in [0.1, 0.15) is 31.3 Å². The Morgan fingerprint density at radius 1 is 1.60 bits per heavy atom. The fraction of sp³-hybridized carbons (Fsp3) is 0.444. The predicted octanol–water partition coefficient (Wildman–Crippen LogP) is 0.660. The van der Waals surface area contributed by atoms with E-state index in [2.05, 4.69) is 9.97 Å². The zero-order valence-electron chi connectivity index (χ0n) is 8.37. The van der Waals surface area contributed by atoms with Crippen molar-refractivity contribution in [3.8, 4) is 0 Å². The Balaban J connectivity index is 3.23. The Hall–Kier alpha value is -1.72. The zero-order chi connectivity index (χ0) is 11.6. The van der Waals surface area contributed by atoms with Gasteiger partial charge < -0.3 is 10.1 Å². The number of rotatable bonds is 3. The summed E-state index contributed by atoms with van der Waals surface area (Å²) in [6.45, 7) is 3.35. The molecule has 0 aliphatic rings. The van der Waals surface area contributed by atoms with E-state index in [4.69, 9.17) is 5.11 Å². The summed E-state index contributed by atoms with van der Waals surface area (Å²) < 4.78 is 13.2. The summed E-state index contributed by atoms with van der Waals surface area (Å²) in [4.78, 5) is 27.3. The molecule has 0 saturated heterocycles. The third-order valence-corrected chi connectivity index (χ3v) is 1.80. The molecule has 6 heteroatoms. The van der Waals surface area contributed by atoms with Crippen LogP contribution in [-0.2, 0) is 11.2 Å². The molecule has 0 amide bonds. The van der Waals surface area contributed by atoms with Crippen LogP contribution in [0.15, 0.2) is 4.79 Å². The van der Waals surface area contributed by atoms with Gasteiger partial charge in [-0.3, -0.25) is 9.59 Å². The Bertz CT molecular complexity index is 439. The molecule has 0 bridgehead atoms. The molecule has 1 aromatic heterocycles. The van der Waals surface area contributed by atoms with Gasteiger partial charge in [-0.1, -0.05) is 13.8 Å². The number of H-pyrrole nitrogens is 1. The summed E-state index contributed by atoms with van der Waals surface area (Å²) in [6.07, 6.45) is -0.421. The number of nitrogens with zero attached hydrogens (tertiary/aromatic N) is 1. The monoisotopic (exact) mass is 214 g/mol. The van der Waals surface area contributed by atoms with E-state index in [1.807, 2.05) is 0 Å². The number of aromatic nitrogens is 2. The molecule has 0 spiro atoms. The summed E-state index contributed by atoms with van der Waals surface area (Å²) in [7, 11) is 0. The molecule has 0 atom stereocenters. The van der Waals surface area contributed by atoms with E-state index in [9.17, 15) is 14.0 Å². The largest absolute Gasteiger partial charge is 0.481 e. The minimum absolute atomic E-state index is 0.00463. The molecule has 82 valence electrons. The number of carboxylic acid groups (broad SMARTS) is 1. The molecule has 1 aromatic rings. The molecule has 5 nitrogen and oxygen atoms in total. The van der Waals surface area contributed by atoms with Gasteiger partial charge in [-0.15, -0.1) is 0 Å². The van der Waals surface area contributed by atoms with Gasteiger partial charge in [0.1, 0.15) is 12.2 Å². The van der Waals surface area contributed by atoms with Gasteiger partial charge in [0, 0.05) is 0 Å². The fourth-order valence-electron chi connectivity index (χ4n) is 1.13. The fourth-order valence-corrected chi connectivity index (χ4v) is 1.13. The zero-order valence-corrected chi connectivity index (χ0v) is 8.37. The molecule has 15 heavy (non-hydrogen) atoms. The molecule has 0 aromatic carbocycles.